The maximum absolute atomic E-state index is 11.3. The predicted molar refractivity (Wildman–Crippen MR) is 72.0 cm³/mol. The summed E-state index contributed by atoms with van der Waals surface area (Å²) < 4.78 is 4.74. The van der Waals surface area contributed by atoms with Gasteiger partial charge in [-0.3, -0.25) is 0 Å². The number of carbonyl (C=O) groups excluding carboxylic acids is 1. The molecule has 108 valence electrons. The minimum Gasteiger partial charge on any atom is -0.508 e. The Bertz CT molecular complexity index is 507. The third-order valence-electron chi connectivity index (χ3n) is 2.47. The van der Waals surface area contributed by atoms with Gasteiger partial charge in [0.05, 0.1) is 6.61 Å². The molecule has 6 heteroatoms. The standard InChI is InChI=1S/C14H17NO5/c1-3-20-12(17)8-9(2)15-13(14(18)19)10-4-6-11(16)7-5-10/h4-8,13,15-16H,3H2,1-2H3,(H,18,19)/b9-8-/t13-/m0/s1. The van der Waals surface area contributed by atoms with Gasteiger partial charge in [0.1, 0.15) is 11.8 Å². The maximum atomic E-state index is 11.3. The average Bonchev–Trinajstić information content (AvgIpc) is 2.37. The molecule has 0 aliphatic heterocycles. The van der Waals surface area contributed by atoms with Crippen LogP contribution in [0.1, 0.15) is 25.5 Å². The van der Waals surface area contributed by atoms with Gasteiger partial charge in [-0.05, 0) is 31.5 Å². The molecule has 0 heterocycles. The Labute approximate surface area is 116 Å². The van der Waals surface area contributed by atoms with Crippen LogP contribution in [0.4, 0.5) is 0 Å². The molecule has 0 fully saturated rings. The van der Waals surface area contributed by atoms with Crippen molar-refractivity contribution in [2.24, 2.45) is 0 Å². The van der Waals surface area contributed by atoms with Crippen molar-refractivity contribution in [3.8, 4) is 5.75 Å². The van der Waals surface area contributed by atoms with E-state index >= 15 is 0 Å². The minimum absolute atomic E-state index is 0.0525. The molecular weight excluding hydrogens is 262 g/mol. The molecule has 1 atom stereocenters. The van der Waals surface area contributed by atoms with E-state index in [4.69, 9.17) is 4.74 Å². The molecule has 0 bridgehead atoms. The molecule has 0 aliphatic rings. The smallest absolute Gasteiger partial charge is 0.332 e. The van der Waals surface area contributed by atoms with Gasteiger partial charge in [0, 0.05) is 11.8 Å². The van der Waals surface area contributed by atoms with Crippen LogP contribution in [0.2, 0.25) is 0 Å². The van der Waals surface area contributed by atoms with Crippen LogP contribution in [0.25, 0.3) is 0 Å². The van der Waals surface area contributed by atoms with Crippen molar-refractivity contribution in [3.63, 3.8) is 0 Å². The van der Waals surface area contributed by atoms with Crippen molar-refractivity contribution in [1.29, 1.82) is 0 Å². The Morgan fingerprint density at radius 3 is 2.45 bits per heavy atom. The average molecular weight is 279 g/mol. The lowest BCUT2D eigenvalue weighted by atomic mass is 10.1. The fourth-order valence-corrected chi connectivity index (χ4v) is 1.58. The van der Waals surface area contributed by atoms with Crippen LogP contribution in [-0.2, 0) is 14.3 Å². The summed E-state index contributed by atoms with van der Waals surface area (Å²) in [5.74, 6) is -1.57. The second-order valence-corrected chi connectivity index (χ2v) is 4.09. The molecule has 0 saturated carbocycles. The predicted octanol–water partition coefficient (Wildman–Crippen LogP) is 1.57. The summed E-state index contributed by atoms with van der Waals surface area (Å²) in [4.78, 5) is 22.5. The number of benzene rings is 1. The third kappa shape index (κ3) is 4.64. The van der Waals surface area contributed by atoms with E-state index in [2.05, 4.69) is 5.32 Å². The van der Waals surface area contributed by atoms with Gasteiger partial charge in [-0.15, -0.1) is 0 Å². The first-order chi connectivity index (χ1) is 9.43. The highest BCUT2D eigenvalue weighted by molar-refractivity contribution is 5.83. The molecule has 0 saturated heterocycles. The van der Waals surface area contributed by atoms with Crippen molar-refractivity contribution < 1.29 is 24.5 Å². The van der Waals surface area contributed by atoms with Crippen LogP contribution in [0, 0.1) is 0 Å². The van der Waals surface area contributed by atoms with Crippen molar-refractivity contribution in [3.05, 3.63) is 41.6 Å². The number of phenolic OH excluding ortho intramolecular Hbond substituents is 1. The number of esters is 1. The summed E-state index contributed by atoms with van der Waals surface area (Å²) in [7, 11) is 0. The second kappa shape index (κ2) is 7.18. The summed E-state index contributed by atoms with van der Waals surface area (Å²) in [6, 6.07) is 4.79. The Hall–Kier alpha value is -2.50. The van der Waals surface area contributed by atoms with Gasteiger partial charge >= 0.3 is 11.9 Å². The topological polar surface area (TPSA) is 95.9 Å². The number of hydrogen-bond acceptors (Lipinski definition) is 5. The number of carboxylic acid groups (broad SMARTS) is 1. The lowest BCUT2D eigenvalue weighted by Crippen LogP contribution is -2.27. The molecule has 0 spiro atoms. The van der Waals surface area contributed by atoms with E-state index in [1.165, 1.54) is 30.3 Å². The third-order valence-corrected chi connectivity index (χ3v) is 2.47. The summed E-state index contributed by atoms with van der Waals surface area (Å²) in [6.45, 7) is 3.52. The Kier molecular flexibility index (Phi) is 5.58. The van der Waals surface area contributed by atoms with Crippen molar-refractivity contribution in [1.82, 2.24) is 5.32 Å². The SMILES string of the molecule is CCOC(=O)/C=C(/C)N[C@H](C(=O)O)c1ccc(O)cc1. The highest BCUT2D eigenvalue weighted by atomic mass is 16.5. The van der Waals surface area contributed by atoms with E-state index in [0.717, 1.165) is 0 Å². The zero-order chi connectivity index (χ0) is 15.1. The van der Waals surface area contributed by atoms with Gasteiger partial charge < -0.3 is 20.3 Å². The number of carboxylic acids is 1. The molecule has 6 nitrogen and oxygen atoms in total. The van der Waals surface area contributed by atoms with E-state index in [1.54, 1.807) is 13.8 Å². The Morgan fingerprint density at radius 2 is 1.95 bits per heavy atom. The van der Waals surface area contributed by atoms with E-state index in [0.29, 0.717) is 11.3 Å². The minimum atomic E-state index is -1.09. The molecule has 0 unspecified atom stereocenters. The molecular formula is C14H17NO5. The van der Waals surface area contributed by atoms with Crippen molar-refractivity contribution >= 4 is 11.9 Å². The van der Waals surface area contributed by atoms with Crippen LogP contribution in [0.3, 0.4) is 0 Å². The Morgan fingerprint density at radius 1 is 1.35 bits per heavy atom. The number of nitrogens with one attached hydrogen (secondary N) is 1. The maximum Gasteiger partial charge on any atom is 0.332 e. The fourth-order valence-electron chi connectivity index (χ4n) is 1.58. The normalized spacial score (nSPS) is 12.6. The lowest BCUT2D eigenvalue weighted by molar-refractivity contribution is -0.140. The van der Waals surface area contributed by atoms with Crippen LogP contribution < -0.4 is 5.32 Å². The largest absolute Gasteiger partial charge is 0.508 e. The van der Waals surface area contributed by atoms with Gasteiger partial charge in [-0.1, -0.05) is 12.1 Å². The number of aromatic hydroxyl groups is 1. The summed E-state index contributed by atoms with van der Waals surface area (Å²) in [5.41, 5.74) is 0.843. The van der Waals surface area contributed by atoms with E-state index in [1.807, 2.05) is 0 Å². The van der Waals surface area contributed by atoms with Gasteiger partial charge in [0.25, 0.3) is 0 Å². The molecule has 1 aromatic carbocycles. The molecule has 0 aliphatic carbocycles. The molecule has 3 N–H and O–H groups in total. The lowest BCUT2D eigenvalue weighted by Gasteiger charge is -2.16. The van der Waals surface area contributed by atoms with Crippen LogP contribution >= 0.6 is 0 Å². The number of allylic oxidation sites excluding steroid dienone is 1. The van der Waals surface area contributed by atoms with Crippen molar-refractivity contribution in [2.75, 3.05) is 6.61 Å². The second-order valence-electron chi connectivity index (χ2n) is 4.09. The summed E-state index contributed by atoms with van der Waals surface area (Å²) >= 11 is 0. The Balaban J connectivity index is 2.85. The number of hydrogen-bond donors (Lipinski definition) is 3. The molecule has 0 aromatic heterocycles. The van der Waals surface area contributed by atoms with Crippen LogP contribution in [0.5, 0.6) is 5.75 Å². The fraction of sp³-hybridized carbons (Fsp3) is 0.286. The van der Waals surface area contributed by atoms with Gasteiger partial charge in [-0.2, -0.15) is 0 Å². The van der Waals surface area contributed by atoms with E-state index in [-0.39, 0.29) is 12.4 Å². The van der Waals surface area contributed by atoms with Crippen LogP contribution in [0.15, 0.2) is 36.0 Å². The van der Waals surface area contributed by atoms with Gasteiger partial charge in [0.15, 0.2) is 0 Å². The highest BCUT2D eigenvalue weighted by Gasteiger charge is 2.19. The number of ether oxygens (including phenoxy) is 1. The van der Waals surface area contributed by atoms with E-state index < -0.39 is 18.0 Å². The number of aliphatic carboxylic acids is 1. The molecule has 1 rings (SSSR count). The first kappa shape index (κ1) is 15.6. The zero-order valence-electron chi connectivity index (χ0n) is 11.3. The van der Waals surface area contributed by atoms with Crippen molar-refractivity contribution in [2.45, 2.75) is 19.9 Å². The quantitative estimate of drug-likeness (QED) is 0.540. The molecule has 20 heavy (non-hydrogen) atoms. The van der Waals surface area contributed by atoms with Crippen LogP contribution in [-0.4, -0.2) is 28.8 Å². The summed E-state index contributed by atoms with van der Waals surface area (Å²) in [6.07, 6.45) is 1.19. The highest BCUT2D eigenvalue weighted by Crippen LogP contribution is 2.18. The number of carbonyl (C=O) groups is 2. The first-order valence-corrected chi connectivity index (χ1v) is 6.07. The van der Waals surface area contributed by atoms with Gasteiger partial charge in [-0.25, -0.2) is 9.59 Å². The summed E-state index contributed by atoms with van der Waals surface area (Å²) in [5, 5.41) is 21.1. The molecule has 0 amide bonds. The monoisotopic (exact) mass is 279 g/mol. The number of phenols is 1. The zero-order valence-corrected chi connectivity index (χ0v) is 11.3. The molecule has 0 radical (unpaired) electrons. The first-order valence-electron chi connectivity index (χ1n) is 6.07. The molecule has 1 aromatic rings. The van der Waals surface area contributed by atoms with Gasteiger partial charge in [0.2, 0.25) is 0 Å². The van der Waals surface area contributed by atoms with E-state index in [9.17, 15) is 19.8 Å². The number of rotatable bonds is 6.